The molecule has 0 spiro atoms. The van der Waals surface area contributed by atoms with E-state index in [2.05, 4.69) is 10.4 Å². The van der Waals surface area contributed by atoms with Crippen LogP contribution in [0.1, 0.15) is 76.0 Å². The Balaban J connectivity index is 1.81. The topological polar surface area (TPSA) is 116 Å². The van der Waals surface area contributed by atoms with Crippen LogP contribution in [0.5, 0.6) is 0 Å². The molecule has 1 saturated carbocycles. The molecule has 1 unspecified atom stereocenters. The summed E-state index contributed by atoms with van der Waals surface area (Å²) in [6.07, 6.45) is -2.44. The van der Waals surface area contributed by atoms with Crippen LogP contribution in [0.4, 0.5) is 18.2 Å². The predicted octanol–water partition coefficient (Wildman–Crippen LogP) is 4.09. The third-order valence-electron chi connectivity index (χ3n) is 5.24. The Bertz CT molecular complexity index is 1070. The van der Waals surface area contributed by atoms with Crippen molar-refractivity contribution in [3.63, 3.8) is 0 Å². The van der Waals surface area contributed by atoms with E-state index in [0.29, 0.717) is 17.7 Å². The number of amides is 2. The number of nitrogens with two attached hydrogens (primary N) is 1. The van der Waals surface area contributed by atoms with Crippen LogP contribution in [0.15, 0.2) is 6.07 Å². The maximum absolute atomic E-state index is 13.1. The molecule has 3 N–H and O–H groups in total. The van der Waals surface area contributed by atoms with Gasteiger partial charge in [-0.1, -0.05) is 13.8 Å². The molecule has 2 aromatic heterocycles. The van der Waals surface area contributed by atoms with Gasteiger partial charge in [-0.15, -0.1) is 11.3 Å². The molecule has 1 atom stereocenters. The highest BCUT2D eigenvalue weighted by Crippen LogP contribution is 2.42. The van der Waals surface area contributed by atoms with Gasteiger partial charge in [-0.25, -0.2) is 4.79 Å². The lowest BCUT2D eigenvalue weighted by atomic mass is 10.1. The number of anilines is 1. The van der Waals surface area contributed by atoms with Crippen molar-refractivity contribution in [1.29, 1.82) is 0 Å². The summed E-state index contributed by atoms with van der Waals surface area (Å²) in [7, 11) is 0. The Labute approximate surface area is 192 Å². The first-order chi connectivity index (χ1) is 15.4. The summed E-state index contributed by atoms with van der Waals surface area (Å²) in [6, 6.07) is 1.03. The van der Waals surface area contributed by atoms with Crippen LogP contribution in [0.25, 0.3) is 0 Å². The highest BCUT2D eigenvalue weighted by Gasteiger charge is 2.38. The zero-order valence-electron chi connectivity index (χ0n) is 18.4. The third kappa shape index (κ3) is 5.55. The summed E-state index contributed by atoms with van der Waals surface area (Å²) in [5.74, 6) is -2.76. The molecule has 1 aliphatic carbocycles. The van der Waals surface area contributed by atoms with E-state index in [1.54, 1.807) is 6.92 Å². The van der Waals surface area contributed by atoms with Gasteiger partial charge in [0.1, 0.15) is 5.00 Å². The molecule has 1 fully saturated rings. The lowest BCUT2D eigenvalue weighted by molar-refractivity contribution is -0.141. The molecule has 0 aliphatic heterocycles. The predicted molar refractivity (Wildman–Crippen MR) is 115 cm³/mol. The van der Waals surface area contributed by atoms with Crippen molar-refractivity contribution in [3.05, 3.63) is 33.5 Å². The Morgan fingerprint density at radius 3 is 2.58 bits per heavy atom. The van der Waals surface area contributed by atoms with Gasteiger partial charge in [0.2, 0.25) is 5.91 Å². The van der Waals surface area contributed by atoms with E-state index in [-0.39, 0.29) is 34.5 Å². The molecule has 0 aromatic carbocycles. The van der Waals surface area contributed by atoms with Gasteiger partial charge in [-0.05, 0) is 37.8 Å². The molecule has 2 amide bonds. The second-order valence-electron chi connectivity index (χ2n) is 8.06. The molecule has 0 bridgehead atoms. The first kappa shape index (κ1) is 24.7. The van der Waals surface area contributed by atoms with Gasteiger partial charge in [0.25, 0.3) is 5.91 Å². The van der Waals surface area contributed by atoms with Crippen LogP contribution in [-0.4, -0.2) is 34.2 Å². The maximum atomic E-state index is 13.1. The van der Waals surface area contributed by atoms with Crippen molar-refractivity contribution in [3.8, 4) is 0 Å². The molecule has 3 rings (SSSR count). The smallest absolute Gasteiger partial charge is 0.435 e. The monoisotopic (exact) mass is 486 g/mol. The molecule has 180 valence electrons. The van der Waals surface area contributed by atoms with E-state index in [9.17, 15) is 27.6 Å². The summed E-state index contributed by atoms with van der Waals surface area (Å²) >= 11 is 0.855. The Hall–Kier alpha value is -2.89. The number of carbonyl (C=O) groups excluding carboxylic acids is 3. The van der Waals surface area contributed by atoms with E-state index in [1.165, 1.54) is 11.6 Å². The molecular formula is C21H25F3N4O4S. The minimum atomic E-state index is -4.58. The van der Waals surface area contributed by atoms with Gasteiger partial charge < -0.3 is 15.8 Å². The number of thiophene rings is 1. The fraction of sp³-hybridized carbons (Fsp3) is 0.524. The first-order valence-electron chi connectivity index (χ1n) is 10.5. The Kier molecular flexibility index (Phi) is 7.15. The number of nitrogens with one attached hydrogen (secondary N) is 1. The summed E-state index contributed by atoms with van der Waals surface area (Å²) < 4.78 is 45.8. The van der Waals surface area contributed by atoms with Crippen molar-refractivity contribution in [1.82, 2.24) is 9.78 Å². The number of primary amides is 1. The SMILES string of the molecule is CCCOC(=O)c1c(NC(=O)C(C)Cn2nc(C(F)(F)F)cc2C2CC2)sc(C(N)=O)c1C. The van der Waals surface area contributed by atoms with E-state index < -0.39 is 35.6 Å². The highest BCUT2D eigenvalue weighted by molar-refractivity contribution is 7.18. The summed E-state index contributed by atoms with van der Waals surface area (Å²) in [5, 5.41) is 6.39. The van der Waals surface area contributed by atoms with Crippen LogP contribution in [0.2, 0.25) is 0 Å². The van der Waals surface area contributed by atoms with Crippen molar-refractivity contribution in [2.45, 2.75) is 58.7 Å². The fourth-order valence-electron chi connectivity index (χ4n) is 3.35. The molecular weight excluding hydrogens is 461 g/mol. The van der Waals surface area contributed by atoms with Crippen LogP contribution < -0.4 is 11.1 Å². The van der Waals surface area contributed by atoms with E-state index in [1.807, 2.05) is 6.92 Å². The lowest BCUT2D eigenvalue weighted by Crippen LogP contribution is -2.26. The molecule has 2 heterocycles. The third-order valence-corrected chi connectivity index (χ3v) is 6.46. The van der Waals surface area contributed by atoms with Gasteiger partial charge in [-0.3, -0.25) is 14.3 Å². The molecule has 12 heteroatoms. The molecule has 8 nitrogen and oxygen atoms in total. The van der Waals surface area contributed by atoms with Crippen molar-refractivity contribution >= 4 is 34.1 Å². The quantitative estimate of drug-likeness (QED) is 0.518. The summed E-state index contributed by atoms with van der Waals surface area (Å²) in [6.45, 7) is 4.99. The summed E-state index contributed by atoms with van der Waals surface area (Å²) in [4.78, 5) is 37.2. The average molecular weight is 487 g/mol. The van der Waals surface area contributed by atoms with Crippen molar-refractivity contribution < 1.29 is 32.3 Å². The number of hydrogen-bond donors (Lipinski definition) is 2. The normalized spacial score (nSPS) is 14.7. The number of aromatic nitrogens is 2. The van der Waals surface area contributed by atoms with Gasteiger partial charge in [0.15, 0.2) is 5.69 Å². The number of halogens is 3. The van der Waals surface area contributed by atoms with Gasteiger partial charge in [0, 0.05) is 11.6 Å². The van der Waals surface area contributed by atoms with Crippen LogP contribution in [0.3, 0.4) is 0 Å². The second-order valence-corrected chi connectivity index (χ2v) is 9.08. The molecule has 0 radical (unpaired) electrons. The van der Waals surface area contributed by atoms with Crippen molar-refractivity contribution in [2.24, 2.45) is 11.7 Å². The van der Waals surface area contributed by atoms with Gasteiger partial charge >= 0.3 is 12.1 Å². The average Bonchev–Trinajstić information content (AvgIpc) is 3.39. The largest absolute Gasteiger partial charge is 0.462 e. The molecule has 0 saturated heterocycles. The van der Waals surface area contributed by atoms with Crippen LogP contribution >= 0.6 is 11.3 Å². The van der Waals surface area contributed by atoms with E-state index >= 15 is 0 Å². The van der Waals surface area contributed by atoms with Gasteiger partial charge in [0.05, 0.1) is 29.5 Å². The first-order valence-corrected chi connectivity index (χ1v) is 11.3. The second kappa shape index (κ2) is 9.54. The minimum Gasteiger partial charge on any atom is -0.462 e. The number of rotatable bonds is 9. The van der Waals surface area contributed by atoms with Crippen LogP contribution in [-0.2, 0) is 22.3 Å². The number of alkyl halides is 3. The van der Waals surface area contributed by atoms with Crippen molar-refractivity contribution in [2.75, 3.05) is 11.9 Å². The van der Waals surface area contributed by atoms with E-state index in [0.717, 1.165) is 30.2 Å². The Morgan fingerprint density at radius 2 is 2.03 bits per heavy atom. The zero-order valence-corrected chi connectivity index (χ0v) is 19.2. The summed E-state index contributed by atoms with van der Waals surface area (Å²) in [5.41, 5.74) is 5.19. The fourth-order valence-corrected chi connectivity index (χ4v) is 4.40. The molecule has 33 heavy (non-hydrogen) atoms. The number of nitrogens with zero attached hydrogens (tertiary/aromatic N) is 2. The number of hydrogen-bond acceptors (Lipinski definition) is 6. The number of esters is 1. The number of carbonyl (C=O) groups is 3. The van der Waals surface area contributed by atoms with Gasteiger partial charge in [-0.2, -0.15) is 18.3 Å². The highest BCUT2D eigenvalue weighted by atomic mass is 32.1. The molecule has 1 aliphatic rings. The zero-order chi connectivity index (χ0) is 24.5. The lowest BCUT2D eigenvalue weighted by Gasteiger charge is -2.14. The minimum absolute atomic E-state index is 0.00173. The standard InChI is InChI=1S/C21H25F3N4O4S/c1-4-7-32-20(31)15-11(3)16(17(25)29)33-19(15)26-18(30)10(2)9-28-13(12-5-6-12)8-14(27-28)21(22,23)24/h8,10,12H,4-7,9H2,1-3H3,(H2,25,29)(H,26,30). The Morgan fingerprint density at radius 1 is 1.36 bits per heavy atom. The van der Waals surface area contributed by atoms with E-state index in [4.69, 9.17) is 10.5 Å². The van der Waals surface area contributed by atoms with Crippen LogP contribution in [0, 0.1) is 12.8 Å². The maximum Gasteiger partial charge on any atom is 0.435 e. The number of ether oxygens (including phenoxy) is 1. The molecule has 2 aromatic rings.